The molecule has 8 heteroatoms. The van der Waals surface area contributed by atoms with E-state index in [4.69, 9.17) is 0 Å². The second kappa shape index (κ2) is 7.16. The second-order valence-corrected chi connectivity index (χ2v) is 6.52. The number of hydrogen-bond acceptors (Lipinski definition) is 5. The highest BCUT2D eigenvalue weighted by atomic mass is 16.2. The molecule has 0 radical (unpaired) electrons. The van der Waals surface area contributed by atoms with Gasteiger partial charge in [0.05, 0.1) is 16.6 Å². The van der Waals surface area contributed by atoms with Crippen LogP contribution in [0.1, 0.15) is 16.2 Å². The number of hydrogen-bond donors (Lipinski definition) is 1. The van der Waals surface area contributed by atoms with Crippen molar-refractivity contribution in [3.63, 3.8) is 0 Å². The minimum absolute atomic E-state index is 0.172. The maximum atomic E-state index is 12.9. The number of amides is 1. The highest BCUT2D eigenvalue weighted by molar-refractivity contribution is 6.03. The Bertz CT molecular complexity index is 1350. The summed E-state index contributed by atoms with van der Waals surface area (Å²) < 4.78 is 2.81. The second-order valence-electron chi connectivity index (χ2n) is 6.52. The molecule has 29 heavy (non-hydrogen) atoms. The zero-order chi connectivity index (χ0) is 20.5. The maximum absolute atomic E-state index is 12.9. The van der Waals surface area contributed by atoms with Gasteiger partial charge in [0.1, 0.15) is 11.6 Å². The van der Waals surface area contributed by atoms with Crippen molar-refractivity contribution in [1.29, 1.82) is 0 Å². The molecule has 1 amide bonds. The van der Waals surface area contributed by atoms with Crippen molar-refractivity contribution in [3.05, 3.63) is 93.0 Å². The standard InChI is InChI=1S/C21H17N5O3/c1-13-22-17-6-4-3-5-16(17)20(28)26(13)15-9-7-14(8-10-15)19(27)23-18-11-12-25(2)21(29)24-18/h3-12H,1-2H3,(H,23,24,27,29). The fourth-order valence-corrected chi connectivity index (χ4v) is 3.03. The third-order valence-electron chi connectivity index (χ3n) is 4.55. The average Bonchev–Trinajstić information content (AvgIpc) is 2.71. The molecule has 144 valence electrons. The van der Waals surface area contributed by atoms with Crippen LogP contribution in [0.15, 0.2) is 70.4 Å². The van der Waals surface area contributed by atoms with E-state index in [1.807, 2.05) is 6.07 Å². The fraction of sp³-hybridized carbons (Fsp3) is 0.0952. The number of carbonyl (C=O) groups is 1. The Morgan fingerprint density at radius 2 is 1.69 bits per heavy atom. The Kier molecular flexibility index (Phi) is 4.52. The summed E-state index contributed by atoms with van der Waals surface area (Å²) in [6, 6.07) is 15.3. The summed E-state index contributed by atoms with van der Waals surface area (Å²) in [4.78, 5) is 45.1. The van der Waals surface area contributed by atoms with Crippen LogP contribution in [-0.4, -0.2) is 25.0 Å². The summed E-state index contributed by atoms with van der Waals surface area (Å²) in [5, 5.41) is 3.11. The largest absolute Gasteiger partial charge is 0.349 e. The predicted molar refractivity (Wildman–Crippen MR) is 110 cm³/mol. The van der Waals surface area contributed by atoms with E-state index in [1.165, 1.54) is 21.4 Å². The summed E-state index contributed by atoms with van der Waals surface area (Å²) in [7, 11) is 1.57. The van der Waals surface area contributed by atoms with Gasteiger partial charge in [-0.05, 0) is 49.4 Å². The van der Waals surface area contributed by atoms with Gasteiger partial charge in [-0.15, -0.1) is 0 Å². The van der Waals surface area contributed by atoms with Gasteiger partial charge in [-0.3, -0.25) is 14.2 Å². The first kappa shape index (κ1) is 18.3. The number of benzene rings is 2. The van der Waals surface area contributed by atoms with Crippen LogP contribution in [0, 0.1) is 6.92 Å². The first-order chi connectivity index (χ1) is 13.9. The number of aryl methyl sites for hydroxylation is 2. The van der Waals surface area contributed by atoms with E-state index in [-0.39, 0.29) is 11.4 Å². The molecule has 2 heterocycles. The van der Waals surface area contributed by atoms with Crippen LogP contribution < -0.4 is 16.6 Å². The SMILES string of the molecule is Cc1nc2ccccc2c(=O)n1-c1ccc(C(=O)Nc2ccn(C)c(=O)n2)cc1. The molecule has 0 bridgehead atoms. The van der Waals surface area contributed by atoms with Gasteiger partial charge in [0.25, 0.3) is 11.5 Å². The number of anilines is 1. The molecular formula is C21H17N5O3. The van der Waals surface area contributed by atoms with Gasteiger partial charge in [0, 0.05) is 18.8 Å². The van der Waals surface area contributed by atoms with Crippen LogP contribution in [-0.2, 0) is 7.05 Å². The molecule has 4 rings (SSSR count). The molecule has 2 aromatic heterocycles. The minimum atomic E-state index is -0.461. The molecule has 8 nitrogen and oxygen atoms in total. The molecule has 0 saturated heterocycles. The number of rotatable bonds is 3. The number of nitrogens with one attached hydrogen (secondary N) is 1. The van der Waals surface area contributed by atoms with E-state index in [2.05, 4.69) is 15.3 Å². The van der Waals surface area contributed by atoms with E-state index in [0.29, 0.717) is 28.0 Å². The molecule has 0 spiro atoms. The third kappa shape index (κ3) is 3.43. The summed E-state index contributed by atoms with van der Waals surface area (Å²) in [6.45, 7) is 1.76. The molecule has 0 fully saturated rings. The van der Waals surface area contributed by atoms with Crippen molar-refractivity contribution >= 4 is 22.6 Å². The van der Waals surface area contributed by atoms with Crippen molar-refractivity contribution in [2.45, 2.75) is 6.92 Å². The van der Waals surface area contributed by atoms with Crippen molar-refractivity contribution in [2.24, 2.45) is 7.05 Å². The number of carbonyl (C=O) groups excluding carboxylic acids is 1. The van der Waals surface area contributed by atoms with Crippen LogP contribution in [0.3, 0.4) is 0 Å². The van der Waals surface area contributed by atoms with Gasteiger partial charge in [-0.2, -0.15) is 4.98 Å². The monoisotopic (exact) mass is 387 g/mol. The van der Waals surface area contributed by atoms with E-state index < -0.39 is 11.6 Å². The van der Waals surface area contributed by atoms with Crippen LogP contribution in [0.5, 0.6) is 0 Å². The lowest BCUT2D eigenvalue weighted by Gasteiger charge is -2.11. The minimum Gasteiger partial charge on any atom is -0.306 e. The molecule has 0 aliphatic heterocycles. The van der Waals surface area contributed by atoms with E-state index in [0.717, 1.165) is 0 Å². The predicted octanol–water partition coefficient (Wildman–Crippen LogP) is 2.04. The third-order valence-corrected chi connectivity index (χ3v) is 4.55. The van der Waals surface area contributed by atoms with Crippen molar-refractivity contribution in [1.82, 2.24) is 19.1 Å². The lowest BCUT2D eigenvalue weighted by atomic mass is 10.2. The quantitative estimate of drug-likeness (QED) is 0.580. The van der Waals surface area contributed by atoms with Crippen molar-refractivity contribution < 1.29 is 4.79 Å². The van der Waals surface area contributed by atoms with Gasteiger partial charge in [-0.1, -0.05) is 12.1 Å². The summed E-state index contributed by atoms with van der Waals surface area (Å²) >= 11 is 0. The Labute approximate surface area is 165 Å². The van der Waals surface area contributed by atoms with E-state index in [9.17, 15) is 14.4 Å². The maximum Gasteiger partial charge on any atom is 0.349 e. The van der Waals surface area contributed by atoms with Gasteiger partial charge < -0.3 is 9.88 Å². The Hall–Kier alpha value is -4.07. The summed E-state index contributed by atoms with van der Waals surface area (Å²) in [5.41, 5.74) is 0.986. The van der Waals surface area contributed by atoms with Crippen molar-refractivity contribution in [3.8, 4) is 5.69 Å². The zero-order valence-electron chi connectivity index (χ0n) is 15.8. The van der Waals surface area contributed by atoms with E-state index in [1.54, 1.807) is 56.4 Å². The Morgan fingerprint density at radius 1 is 0.966 bits per heavy atom. The van der Waals surface area contributed by atoms with Crippen LogP contribution in [0.2, 0.25) is 0 Å². The number of aromatic nitrogens is 4. The topological polar surface area (TPSA) is 98.9 Å². The first-order valence-corrected chi connectivity index (χ1v) is 8.88. The molecule has 4 aromatic rings. The Morgan fingerprint density at radius 3 is 2.41 bits per heavy atom. The van der Waals surface area contributed by atoms with Crippen molar-refractivity contribution in [2.75, 3.05) is 5.32 Å². The highest BCUT2D eigenvalue weighted by Crippen LogP contribution is 2.14. The molecule has 2 aromatic carbocycles. The zero-order valence-corrected chi connectivity index (χ0v) is 15.8. The fourth-order valence-electron chi connectivity index (χ4n) is 3.03. The van der Waals surface area contributed by atoms with Crippen LogP contribution in [0.25, 0.3) is 16.6 Å². The lowest BCUT2D eigenvalue weighted by molar-refractivity contribution is 0.102. The van der Waals surface area contributed by atoms with Gasteiger partial charge in [0.2, 0.25) is 0 Å². The summed E-state index contributed by atoms with van der Waals surface area (Å²) in [5.74, 6) is 0.321. The van der Waals surface area contributed by atoms with Gasteiger partial charge >= 0.3 is 5.69 Å². The lowest BCUT2D eigenvalue weighted by Crippen LogP contribution is -2.23. The van der Waals surface area contributed by atoms with Gasteiger partial charge in [0.15, 0.2) is 0 Å². The number of para-hydroxylation sites is 1. The molecule has 0 unspecified atom stereocenters. The molecule has 0 saturated carbocycles. The van der Waals surface area contributed by atoms with Crippen LogP contribution >= 0.6 is 0 Å². The summed E-state index contributed by atoms with van der Waals surface area (Å²) in [6.07, 6.45) is 1.52. The Balaban J connectivity index is 1.65. The highest BCUT2D eigenvalue weighted by Gasteiger charge is 2.12. The smallest absolute Gasteiger partial charge is 0.306 e. The molecular weight excluding hydrogens is 370 g/mol. The molecule has 1 N–H and O–H groups in total. The molecule has 0 aliphatic rings. The first-order valence-electron chi connectivity index (χ1n) is 8.88. The normalized spacial score (nSPS) is 10.8. The number of nitrogens with zero attached hydrogens (tertiary/aromatic N) is 4. The average molecular weight is 387 g/mol. The molecule has 0 aliphatic carbocycles. The van der Waals surface area contributed by atoms with Crippen LogP contribution in [0.4, 0.5) is 5.82 Å². The van der Waals surface area contributed by atoms with E-state index >= 15 is 0 Å². The van der Waals surface area contributed by atoms with Gasteiger partial charge in [-0.25, -0.2) is 9.78 Å². The molecule has 0 atom stereocenters. The number of fused-ring (bicyclic) bond motifs is 1.